The van der Waals surface area contributed by atoms with Gasteiger partial charge in [0, 0.05) is 13.1 Å². The van der Waals surface area contributed by atoms with Gasteiger partial charge in [-0.3, -0.25) is 4.79 Å². The first-order valence-corrected chi connectivity index (χ1v) is 8.66. The molecule has 1 aliphatic carbocycles. The highest BCUT2D eigenvalue weighted by Crippen LogP contribution is 2.50. The Bertz CT molecular complexity index is 448. The third kappa shape index (κ3) is 4.18. The molecule has 5 heteroatoms. The fraction of sp³-hybridized carbons (Fsp3) is 0.889. The summed E-state index contributed by atoms with van der Waals surface area (Å²) in [5, 5.41) is 0. The number of ether oxygens (including phenoxy) is 2. The van der Waals surface area contributed by atoms with Crippen LogP contribution in [-0.2, 0) is 14.3 Å². The van der Waals surface area contributed by atoms with Crippen LogP contribution in [0.5, 0.6) is 0 Å². The van der Waals surface area contributed by atoms with E-state index in [4.69, 9.17) is 9.47 Å². The van der Waals surface area contributed by atoms with E-state index in [1.165, 1.54) is 7.11 Å². The molecule has 2 fully saturated rings. The van der Waals surface area contributed by atoms with E-state index in [1.54, 1.807) is 0 Å². The highest BCUT2D eigenvalue weighted by molar-refractivity contribution is 5.76. The Balaban J connectivity index is 1.88. The maximum Gasteiger partial charge on any atom is 0.410 e. The van der Waals surface area contributed by atoms with Gasteiger partial charge in [0.2, 0.25) is 0 Å². The fourth-order valence-corrected chi connectivity index (χ4v) is 3.77. The topological polar surface area (TPSA) is 55.8 Å². The smallest absolute Gasteiger partial charge is 0.410 e. The van der Waals surface area contributed by atoms with Gasteiger partial charge in [-0.15, -0.1) is 0 Å². The average molecular weight is 325 g/mol. The molecule has 1 saturated heterocycles. The van der Waals surface area contributed by atoms with Crippen LogP contribution in [0, 0.1) is 10.8 Å². The molecule has 1 saturated carbocycles. The molecule has 1 amide bonds. The Hall–Kier alpha value is -1.26. The van der Waals surface area contributed by atoms with Crippen LogP contribution in [0.2, 0.25) is 0 Å². The van der Waals surface area contributed by atoms with Gasteiger partial charge in [-0.2, -0.15) is 0 Å². The Morgan fingerprint density at radius 1 is 0.957 bits per heavy atom. The van der Waals surface area contributed by atoms with E-state index in [2.05, 4.69) is 0 Å². The summed E-state index contributed by atoms with van der Waals surface area (Å²) in [4.78, 5) is 25.9. The van der Waals surface area contributed by atoms with Gasteiger partial charge in [0.15, 0.2) is 0 Å². The summed E-state index contributed by atoms with van der Waals surface area (Å²) in [5.41, 5.74) is -0.492. The molecule has 1 heterocycles. The summed E-state index contributed by atoms with van der Waals surface area (Å²) < 4.78 is 10.4. The minimum atomic E-state index is -0.445. The van der Waals surface area contributed by atoms with Crippen molar-refractivity contribution in [3.05, 3.63) is 0 Å². The molecular formula is C18H31NO4. The van der Waals surface area contributed by atoms with Gasteiger partial charge < -0.3 is 14.4 Å². The van der Waals surface area contributed by atoms with E-state index in [-0.39, 0.29) is 22.9 Å². The van der Waals surface area contributed by atoms with Gasteiger partial charge in [-0.25, -0.2) is 4.79 Å². The number of hydrogen-bond acceptors (Lipinski definition) is 4. The molecular weight excluding hydrogens is 294 g/mol. The summed E-state index contributed by atoms with van der Waals surface area (Å²) >= 11 is 0. The van der Waals surface area contributed by atoms with E-state index in [0.29, 0.717) is 0 Å². The van der Waals surface area contributed by atoms with Crippen LogP contribution in [0.4, 0.5) is 4.79 Å². The third-order valence-electron chi connectivity index (χ3n) is 5.57. The highest BCUT2D eigenvalue weighted by atomic mass is 16.6. The van der Waals surface area contributed by atoms with E-state index < -0.39 is 5.60 Å². The van der Waals surface area contributed by atoms with Crippen molar-refractivity contribution in [3.8, 4) is 0 Å². The number of carbonyl (C=O) groups is 2. The van der Waals surface area contributed by atoms with Crippen LogP contribution in [0.25, 0.3) is 0 Å². The van der Waals surface area contributed by atoms with Crippen LogP contribution in [-0.4, -0.2) is 42.8 Å². The van der Waals surface area contributed by atoms with Crippen molar-refractivity contribution in [2.45, 2.75) is 71.8 Å². The molecule has 132 valence electrons. The van der Waals surface area contributed by atoms with Crippen molar-refractivity contribution in [1.82, 2.24) is 4.90 Å². The molecule has 0 radical (unpaired) electrons. The first-order chi connectivity index (χ1) is 10.6. The van der Waals surface area contributed by atoms with Crippen molar-refractivity contribution >= 4 is 12.1 Å². The van der Waals surface area contributed by atoms with E-state index in [9.17, 15) is 9.59 Å². The third-order valence-corrected chi connectivity index (χ3v) is 5.57. The summed E-state index contributed by atoms with van der Waals surface area (Å²) in [6, 6.07) is 0. The SMILES string of the molecule is COC(=O)C1(C)CCC2(CCN(C(=O)OC(C)(C)C)CC2)CC1. The predicted molar refractivity (Wildman–Crippen MR) is 88.1 cm³/mol. The van der Waals surface area contributed by atoms with E-state index >= 15 is 0 Å². The molecule has 5 nitrogen and oxygen atoms in total. The summed E-state index contributed by atoms with van der Waals surface area (Å²) in [6.45, 7) is 9.20. The molecule has 1 aliphatic heterocycles. The van der Waals surface area contributed by atoms with Gasteiger partial charge >= 0.3 is 12.1 Å². The zero-order valence-corrected chi connectivity index (χ0v) is 15.2. The molecule has 2 aliphatic rings. The minimum Gasteiger partial charge on any atom is -0.469 e. The molecule has 0 aromatic carbocycles. The van der Waals surface area contributed by atoms with Crippen molar-refractivity contribution in [2.24, 2.45) is 10.8 Å². The van der Waals surface area contributed by atoms with Crippen molar-refractivity contribution in [1.29, 1.82) is 0 Å². The van der Waals surface area contributed by atoms with Crippen LogP contribution in [0.3, 0.4) is 0 Å². The molecule has 0 bridgehead atoms. The number of esters is 1. The molecule has 0 aromatic heterocycles. The lowest BCUT2D eigenvalue weighted by molar-refractivity contribution is -0.155. The second-order valence-electron chi connectivity index (χ2n) is 8.52. The largest absolute Gasteiger partial charge is 0.469 e. The number of methoxy groups -OCH3 is 1. The second-order valence-corrected chi connectivity index (χ2v) is 8.52. The van der Waals surface area contributed by atoms with E-state index in [1.807, 2.05) is 32.6 Å². The number of rotatable bonds is 1. The maximum atomic E-state index is 12.2. The normalized spacial score (nSPS) is 23.4. The number of amides is 1. The monoisotopic (exact) mass is 325 g/mol. The van der Waals surface area contributed by atoms with Crippen molar-refractivity contribution in [2.75, 3.05) is 20.2 Å². The predicted octanol–water partition coefficient (Wildman–Crippen LogP) is 3.76. The summed E-state index contributed by atoms with van der Waals surface area (Å²) in [6.07, 6.45) is 5.65. The quantitative estimate of drug-likeness (QED) is 0.689. The second kappa shape index (κ2) is 6.33. The number of carbonyl (C=O) groups excluding carboxylic acids is 2. The molecule has 1 spiro atoms. The van der Waals surface area contributed by atoms with Crippen LogP contribution >= 0.6 is 0 Å². The molecule has 0 atom stereocenters. The van der Waals surface area contributed by atoms with Gasteiger partial charge in [-0.05, 0) is 71.6 Å². The first-order valence-electron chi connectivity index (χ1n) is 8.66. The Morgan fingerprint density at radius 3 is 1.91 bits per heavy atom. The zero-order valence-electron chi connectivity index (χ0n) is 15.2. The first kappa shape index (κ1) is 18.1. The highest BCUT2D eigenvalue weighted by Gasteiger charge is 2.46. The number of likely N-dealkylation sites (tertiary alicyclic amines) is 1. The molecule has 0 unspecified atom stereocenters. The molecule has 23 heavy (non-hydrogen) atoms. The number of hydrogen-bond donors (Lipinski definition) is 0. The van der Waals surface area contributed by atoms with Crippen LogP contribution < -0.4 is 0 Å². The molecule has 0 N–H and O–H groups in total. The lowest BCUT2D eigenvalue weighted by atomic mass is 9.61. The Kier molecular flexibility index (Phi) is 4.97. The molecule has 2 rings (SSSR count). The van der Waals surface area contributed by atoms with Crippen LogP contribution in [0.15, 0.2) is 0 Å². The standard InChI is InChI=1S/C18H31NO4/c1-16(2,3)23-15(21)19-12-10-18(11-13-19)8-6-17(4,7-9-18)14(20)22-5/h6-13H2,1-5H3. The van der Waals surface area contributed by atoms with E-state index in [0.717, 1.165) is 51.6 Å². The lowest BCUT2D eigenvalue weighted by Gasteiger charge is -2.48. The van der Waals surface area contributed by atoms with Crippen molar-refractivity contribution in [3.63, 3.8) is 0 Å². The van der Waals surface area contributed by atoms with Gasteiger partial charge in [0.1, 0.15) is 5.60 Å². The minimum absolute atomic E-state index is 0.0847. The summed E-state index contributed by atoms with van der Waals surface area (Å²) in [5.74, 6) is -0.0847. The fourth-order valence-electron chi connectivity index (χ4n) is 3.77. The maximum absolute atomic E-state index is 12.2. The number of piperidine rings is 1. The Labute approximate surface area is 139 Å². The number of nitrogens with zero attached hydrogens (tertiary/aromatic N) is 1. The van der Waals surface area contributed by atoms with Gasteiger partial charge in [0.05, 0.1) is 12.5 Å². The zero-order chi connectivity index (χ0) is 17.3. The van der Waals surface area contributed by atoms with Gasteiger partial charge in [0.25, 0.3) is 0 Å². The van der Waals surface area contributed by atoms with Crippen LogP contribution in [0.1, 0.15) is 66.2 Å². The van der Waals surface area contributed by atoms with Crippen molar-refractivity contribution < 1.29 is 19.1 Å². The average Bonchev–Trinajstić information content (AvgIpc) is 2.49. The molecule has 0 aromatic rings. The Morgan fingerprint density at radius 2 is 1.48 bits per heavy atom. The van der Waals surface area contributed by atoms with Gasteiger partial charge in [-0.1, -0.05) is 0 Å². The lowest BCUT2D eigenvalue weighted by Crippen LogP contribution is -2.47. The summed E-state index contributed by atoms with van der Waals surface area (Å²) in [7, 11) is 1.47.